The number of hydrogen-bond donors (Lipinski definition) is 1. The Morgan fingerprint density at radius 2 is 1.95 bits per heavy atom. The Labute approximate surface area is 222 Å². The van der Waals surface area contributed by atoms with E-state index in [1.54, 1.807) is 6.20 Å². The van der Waals surface area contributed by atoms with Crippen LogP contribution in [0.25, 0.3) is 22.0 Å². The van der Waals surface area contributed by atoms with Gasteiger partial charge in [-0.05, 0) is 76.7 Å². The van der Waals surface area contributed by atoms with E-state index in [1.165, 1.54) is 0 Å². The minimum absolute atomic E-state index is 0.0194. The second-order valence-electron chi connectivity index (χ2n) is 9.86. The second-order valence-corrected chi connectivity index (χ2v) is 10.3. The molecule has 1 saturated carbocycles. The molecule has 8 heteroatoms. The maximum atomic E-state index is 14.0. The Morgan fingerprint density at radius 3 is 2.68 bits per heavy atom. The first-order valence-corrected chi connectivity index (χ1v) is 13.0. The van der Waals surface area contributed by atoms with E-state index >= 15 is 0 Å². The number of H-pyrrole nitrogens is 1. The van der Waals surface area contributed by atoms with Crippen molar-refractivity contribution in [3.8, 4) is 16.9 Å². The molecular formula is C29H32ClN5O2. The largest absolute Gasteiger partial charge is 0.493 e. The monoisotopic (exact) mass is 517 g/mol. The molecule has 2 aromatic heterocycles. The van der Waals surface area contributed by atoms with Gasteiger partial charge in [0, 0.05) is 57.6 Å². The van der Waals surface area contributed by atoms with E-state index < -0.39 is 0 Å². The van der Waals surface area contributed by atoms with E-state index in [0.29, 0.717) is 35.5 Å². The molecule has 192 valence electrons. The van der Waals surface area contributed by atoms with E-state index in [-0.39, 0.29) is 11.9 Å². The van der Waals surface area contributed by atoms with Crippen LogP contribution in [0.4, 0.5) is 0 Å². The van der Waals surface area contributed by atoms with Crippen LogP contribution >= 0.6 is 11.6 Å². The Morgan fingerprint density at radius 1 is 1.14 bits per heavy atom. The van der Waals surface area contributed by atoms with Gasteiger partial charge in [-0.1, -0.05) is 23.7 Å². The number of nitrogens with zero attached hydrogens (tertiary/aromatic N) is 4. The number of aromatic nitrogens is 3. The highest BCUT2D eigenvalue weighted by Gasteiger charge is 2.38. The quantitative estimate of drug-likeness (QED) is 0.323. The number of halogens is 1. The number of pyridine rings is 1. The summed E-state index contributed by atoms with van der Waals surface area (Å²) in [7, 11) is 4.18. The highest BCUT2D eigenvalue weighted by atomic mass is 35.5. The van der Waals surface area contributed by atoms with Crippen LogP contribution in [-0.2, 0) is 6.54 Å². The minimum atomic E-state index is -0.0194. The molecule has 0 unspecified atom stereocenters. The molecule has 4 aromatic rings. The summed E-state index contributed by atoms with van der Waals surface area (Å²) in [5, 5.41) is 8.96. The van der Waals surface area contributed by atoms with Crippen LogP contribution in [0.15, 0.2) is 54.9 Å². The molecular weight excluding hydrogens is 486 g/mol. The van der Waals surface area contributed by atoms with Gasteiger partial charge in [-0.2, -0.15) is 5.10 Å². The minimum Gasteiger partial charge on any atom is -0.493 e. The Kier molecular flexibility index (Phi) is 7.17. The van der Waals surface area contributed by atoms with E-state index in [9.17, 15) is 4.79 Å². The van der Waals surface area contributed by atoms with Gasteiger partial charge in [-0.25, -0.2) is 0 Å². The molecule has 0 radical (unpaired) electrons. The van der Waals surface area contributed by atoms with Crippen LogP contribution in [-0.4, -0.2) is 63.7 Å². The summed E-state index contributed by atoms with van der Waals surface area (Å²) in [5.41, 5.74) is 5.26. The molecule has 0 saturated heterocycles. The van der Waals surface area contributed by atoms with Crippen molar-refractivity contribution in [1.82, 2.24) is 25.0 Å². The van der Waals surface area contributed by atoms with Crippen molar-refractivity contribution >= 4 is 28.4 Å². The lowest BCUT2D eigenvalue weighted by Gasteiger charge is -2.45. The van der Waals surface area contributed by atoms with Gasteiger partial charge in [0.2, 0.25) is 0 Å². The van der Waals surface area contributed by atoms with Crippen molar-refractivity contribution in [2.75, 3.05) is 20.7 Å². The zero-order valence-corrected chi connectivity index (χ0v) is 22.4. The highest BCUT2D eigenvalue weighted by molar-refractivity contribution is 6.30. The molecule has 1 aliphatic rings. The van der Waals surface area contributed by atoms with Crippen LogP contribution in [0.3, 0.4) is 0 Å². The molecule has 2 heterocycles. The molecule has 1 amide bonds. The molecule has 5 rings (SSSR count). The third-order valence-corrected chi connectivity index (χ3v) is 7.52. The van der Waals surface area contributed by atoms with Gasteiger partial charge < -0.3 is 14.5 Å². The molecule has 0 aliphatic heterocycles. The Bertz CT molecular complexity index is 1430. The average molecular weight is 518 g/mol. The standard InChI is InChI=1S/C29H32ClN5O2/c1-5-37-27-12-20(9-10-25(27)19-7-6-8-22(30)11-19)29(36)35(24-13-23(14-24)34(3)4)17-21-15-31-18(2)26-16-32-33-28(21)26/h6-12,15-16,23-24H,5,13-14,17H2,1-4H3,(H,32,33). The zero-order valence-electron chi connectivity index (χ0n) is 21.7. The lowest BCUT2D eigenvalue weighted by molar-refractivity contribution is 0.0343. The third kappa shape index (κ3) is 5.06. The topological polar surface area (TPSA) is 74.3 Å². The van der Waals surface area contributed by atoms with Crippen LogP contribution in [0.1, 0.15) is 41.4 Å². The molecule has 0 atom stereocenters. The van der Waals surface area contributed by atoms with Crippen molar-refractivity contribution in [1.29, 1.82) is 0 Å². The van der Waals surface area contributed by atoms with Crippen LogP contribution in [0.2, 0.25) is 5.02 Å². The normalized spacial score (nSPS) is 17.1. The van der Waals surface area contributed by atoms with Crippen molar-refractivity contribution in [2.45, 2.75) is 45.3 Å². The van der Waals surface area contributed by atoms with E-state index in [2.05, 4.69) is 34.2 Å². The molecule has 37 heavy (non-hydrogen) atoms. The fourth-order valence-electron chi connectivity index (χ4n) is 5.01. The van der Waals surface area contributed by atoms with Crippen LogP contribution in [0, 0.1) is 6.92 Å². The molecule has 0 spiro atoms. The van der Waals surface area contributed by atoms with Gasteiger partial charge in [-0.3, -0.25) is 14.9 Å². The lowest BCUT2D eigenvalue weighted by atomic mass is 9.84. The van der Waals surface area contributed by atoms with Crippen molar-refractivity contribution in [3.05, 3.63) is 76.7 Å². The van der Waals surface area contributed by atoms with E-state index in [4.69, 9.17) is 16.3 Å². The maximum Gasteiger partial charge on any atom is 0.254 e. The van der Waals surface area contributed by atoms with Crippen LogP contribution in [0.5, 0.6) is 5.75 Å². The number of carbonyl (C=O) groups excluding carboxylic acids is 1. The fourth-order valence-corrected chi connectivity index (χ4v) is 5.20. The SMILES string of the molecule is CCOc1cc(C(=O)N(Cc2cnc(C)c3cn[nH]c23)C2CC(N(C)C)C2)ccc1-c1cccc(Cl)c1. The number of fused-ring (bicyclic) bond motifs is 1. The van der Waals surface area contributed by atoms with Gasteiger partial charge >= 0.3 is 0 Å². The first-order valence-electron chi connectivity index (χ1n) is 12.6. The number of hydrogen-bond acceptors (Lipinski definition) is 5. The second kappa shape index (κ2) is 10.5. The van der Waals surface area contributed by atoms with Crippen molar-refractivity contribution in [2.24, 2.45) is 0 Å². The fraction of sp³-hybridized carbons (Fsp3) is 0.345. The Balaban J connectivity index is 1.50. The Hall–Kier alpha value is -3.42. The summed E-state index contributed by atoms with van der Waals surface area (Å²) >= 11 is 6.24. The molecule has 7 nitrogen and oxygen atoms in total. The lowest BCUT2D eigenvalue weighted by Crippen LogP contribution is -2.53. The van der Waals surface area contributed by atoms with Gasteiger partial charge in [0.15, 0.2) is 0 Å². The molecule has 0 bridgehead atoms. The summed E-state index contributed by atoms with van der Waals surface area (Å²) in [6, 6.07) is 14.0. The molecule has 2 aromatic carbocycles. The molecule has 1 aliphatic carbocycles. The zero-order chi connectivity index (χ0) is 26.1. The predicted molar refractivity (Wildman–Crippen MR) is 147 cm³/mol. The van der Waals surface area contributed by atoms with Gasteiger partial charge in [-0.15, -0.1) is 0 Å². The number of carbonyl (C=O) groups is 1. The number of amides is 1. The van der Waals surface area contributed by atoms with Gasteiger partial charge in [0.1, 0.15) is 5.75 Å². The molecule has 1 N–H and O–H groups in total. The number of ether oxygens (including phenoxy) is 1. The summed E-state index contributed by atoms with van der Waals surface area (Å²) in [4.78, 5) is 22.8. The third-order valence-electron chi connectivity index (χ3n) is 7.29. The van der Waals surface area contributed by atoms with E-state index in [1.807, 2.05) is 67.4 Å². The summed E-state index contributed by atoms with van der Waals surface area (Å²) in [6.45, 7) is 4.86. The number of aryl methyl sites for hydroxylation is 1. The number of rotatable bonds is 8. The highest BCUT2D eigenvalue weighted by Crippen LogP contribution is 2.35. The first-order chi connectivity index (χ1) is 17.9. The van der Waals surface area contributed by atoms with Crippen LogP contribution < -0.4 is 4.74 Å². The first kappa shape index (κ1) is 25.2. The summed E-state index contributed by atoms with van der Waals surface area (Å²) in [5.74, 6) is 0.650. The predicted octanol–water partition coefficient (Wildman–Crippen LogP) is 5.72. The maximum absolute atomic E-state index is 14.0. The summed E-state index contributed by atoms with van der Waals surface area (Å²) in [6.07, 6.45) is 5.51. The number of benzene rings is 2. The van der Waals surface area contributed by atoms with Gasteiger partial charge in [0.25, 0.3) is 5.91 Å². The average Bonchev–Trinajstić information content (AvgIpc) is 3.35. The number of nitrogens with one attached hydrogen (secondary N) is 1. The van der Waals surface area contributed by atoms with Crippen molar-refractivity contribution < 1.29 is 9.53 Å². The number of aromatic amines is 1. The van der Waals surface area contributed by atoms with Crippen molar-refractivity contribution in [3.63, 3.8) is 0 Å². The van der Waals surface area contributed by atoms with Gasteiger partial charge in [0.05, 0.1) is 18.3 Å². The smallest absolute Gasteiger partial charge is 0.254 e. The summed E-state index contributed by atoms with van der Waals surface area (Å²) < 4.78 is 5.99. The van der Waals surface area contributed by atoms with E-state index in [0.717, 1.165) is 46.1 Å². The molecule has 1 fully saturated rings.